The number of rotatable bonds is 43. The summed E-state index contributed by atoms with van der Waals surface area (Å²) in [5, 5.41) is 18.4. The van der Waals surface area contributed by atoms with Crippen molar-refractivity contribution < 1.29 is 43.0 Å². The smallest absolute Gasteiger partial charge is 0.457 e. The van der Waals surface area contributed by atoms with Crippen molar-refractivity contribution >= 4 is 13.8 Å². The predicted molar refractivity (Wildman–Crippen MR) is 242 cm³/mol. The lowest BCUT2D eigenvalue weighted by Gasteiger charge is -2.20. The Morgan fingerprint density at radius 3 is 1.48 bits per heavy atom. The molecule has 10 heteroatoms. The number of phosphoric acid groups is 1. The molecule has 3 N–H and O–H groups in total. The first-order valence-corrected chi connectivity index (χ1v) is 24.4. The van der Waals surface area contributed by atoms with Crippen molar-refractivity contribution in [1.29, 1.82) is 0 Å². The number of aliphatic hydroxyl groups is 2. The summed E-state index contributed by atoms with van der Waals surface area (Å²) in [6, 6.07) is 0. The Hall–Kier alpha value is -2.10. The van der Waals surface area contributed by atoms with Gasteiger partial charge >= 0.3 is 13.8 Å². The molecule has 0 saturated heterocycles. The first kappa shape index (κ1) is 55.9. The van der Waals surface area contributed by atoms with Crippen LogP contribution in [0.15, 0.2) is 72.9 Å². The summed E-state index contributed by atoms with van der Waals surface area (Å²) >= 11 is 0. The van der Waals surface area contributed by atoms with E-state index in [9.17, 15) is 19.4 Å². The van der Waals surface area contributed by atoms with Crippen molar-refractivity contribution in [2.45, 2.75) is 193 Å². The van der Waals surface area contributed by atoms with Crippen molar-refractivity contribution in [3.8, 4) is 0 Å². The summed E-state index contributed by atoms with van der Waals surface area (Å²) in [5.41, 5.74) is 0. The fourth-order valence-electron chi connectivity index (χ4n) is 5.91. The van der Waals surface area contributed by atoms with E-state index in [1.54, 1.807) is 0 Å². The lowest BCUT2D eigenvalue weighted by atomic mass is 10.1. The molecule has 9 nitrogen and oxygen atoms in total. The summed E-state index contributed by atoms with van der Waals surface area (Å²) in [5.74, 6) is -0.401. The van der Waals surface area contributed by atoms with Gasteiger partial charge in [-0.2, -0.15) is 0 Å². The van der Waals surface area contributed by atoms with Crippen molar-refractivity contribution in [1.82, 2.24) is 0 Å². The highest BCUT2D eigenvalue weighted by molar-refractivity contribution is 7.47. The van der Waals surface area contributed by atoms with Gasteiger partial charge in [0, 0.05) is 13.0 Å². The number of ether oxygens (including phenoxy) is 2. The molecule has 0 bridgehead atoms. The maximum absolute atomic E-state index is 12.6. The number of hydrogen-bond acceptors (Lipinski definition) is 8. The molecule has 58 heavy (non-hydrogen) atoms. The molecule has 0 aromatic carbocycles. The average molecular weight is 837 g/mol. The van der Waals surface area contributed by atoms with E-state index in [1.807, 2.05) is 0 Å². The van der Waals surface area contributed by atoms with Gasteiger partial charge in [0.15, 0.2) is 0 Å². The summed E-state index contributed by atoms with van der Waals surface area (Å²) in [6.07, 6.45) is 52.8. The Balaban J connectivity index is 4.20. The fraction of sp³-hybridized carbons (Fsp3) is 0.729. The van der Waals surface area contributed by atoms with Crippen LogP contribution in [0.4, 0.5) is 0 Å². The maximum Gasteiger partial charge on any atom is 0.472 e. The standard InChI is InChI=1S/C48H85O9P/c1-3-5-7-9-11-13-15-17-19-21-23-24-26-28-30-32-34-36-38-40-48(51)57-47(45-56-58(52,53)55-43-46(50)42-49)44-54-41-39-37-35-33-31-29-27-25-22-20-18-16-14-12-10-8-6-4-2/h5,7,11-14,17-20,23-24,46-47,49-50H,3-4,6,8-10,15-16,21-22,25-45H2,1-2H3,(H,52,53)/b7-5-,13-11-,14-12-,19-17-,20-18-,24-23-. The zero-order valence-electron chi connectivity index (χ0n) is 36.7. The molecule has 336 valence electrons. The Labute approximate surface area is 354 Å². The molecule has 3 unspecified atom stereocenters. The van der Waals surface area contributed by atoms with E-state index < -0.39 is 39.2 Å². The summed E-state index contributed by atoms with van der Waals surface area (Å²) in [6.45, 7) is 3.34. The molecule has 0 spiro atoms. The molecular weight excluding hydrogens is 751 g/mol. The number of carbonyl (C=O) groups is 1. The summed E-state index contributed by atoms with van der Waals surface area (Å²) < 4.78 is 33.4. The molecular formula is C48H85O9P. The first-order chi connectivity index (χ1) is 28.3. The molecule has 0 saturated carbocycles. The lowest BCUT2D eigenvalue weighted by molar-refractivity contribution is -0.154. The van der Waals surface area contributed by atoms with E-state index in [0.717, 1.165) is 96.3 Å². The van der Waals surface area contributed by atoms with Gasteiger partial charge in [-0.05, 0) is 83.5 Å². The lowest BCUT2D eigenvalue weighted by Crippen LogP contribution is -2.29. The Bertz CT molecular complexity index is 1130. The number of phosphoric ester groups is 1. The molecule has 0 fully saturated rings. The quantitative estimate of drug-likeness (QED) is 0.0238. The van der Waals surface area contributed by atoms with Crippen molar-refractivity contribution in [3.05, 3.63) is 72.9 Å². The molecule has 0 heterocycles. The Kier molecular flexibility index (Phi) is 42.8. The van der Waals surface area contributed by atoms with Gasteiger partial charge in [-0.15, -0.1) is 0 Å². The molecule has 0 aliphatic rings. The second kappa shape index (κ2) is 44.5. The van der Waals surface area contributed by atoms with Crippen LogP contribution in [0.3, 0.4) is 0 Å². The normalized spacial score (nSPS) is 14.6. The third-order valence-corrected chi connectivity index (χ3v) is 10.3. The van der Waals surface area contributed by atoms with Gasteiger partial charge < -0.3 is 24.6 Å². The summed E-state index contributed by atoms with van der Waals surface area (Å²) in [7, 11) is -4.53. The van der Waals surface area contributed by atoms with Gasteiger partial charge in [0.25, 0.3) is 0 Å². The minimum absolute atomic E-state index is 0.0357. The van der Waals surface area contributed by atoms with Crippen molar-refractivity contribution in [2.75, 3.05) is 33.0 Å². The topological polar surface area (TPSA) is 132 Å². The summed E-state index contributed by atoms with van der Waals surface area (Å²) in [4.78, 5) is 22.6. The molecule has 0 aromatic heterocycles. The van der Waals surface area contributed by atoms with Crippen LogP contribution in [0.1, 0.15) is 181 Å². The number of allylic oxidation sites excluding steroid dienone is 12. The van der Waals surface area contributed by atoms with Gasteiger partial charge in [0.1, 0.15) is 12.2 Å². The SMILES string of the molecule is CC/C=C\C/C=C\C/C=C\C/C=C\CCCCCCCCC(=O)OC(COCCCCCCCCCC/C=C\C/C=C\CCCCC)COP(=O)(O)OCC(O)CO. The average Bonchev–Trinajstić information content (AvgIpc) is 3.21. The highest BCUT2D eigenvalue weighted by atomic mass is 31.2. The second-order valence-corrected chi connectivity index (χ2v) is 16.5. The third kappa shape index (κ3) is 43.5. The van der Waals surface area contributed by atoms with Gasteiger partial charge in [0.05, 0.1) is 26.4 Å². The minimum atomic E-state index is -4.53. The zero-order valence-corrected chi connectivity index (χ0v) is 37.6. The first-order valence-electron chi connectivity index (χ1n) is 22.9. The van der Waals surface area contributed by atoms with Gasteiger partial charge in [0.2, 0.25) is 0 Å². The highest BCUT2D eigenvalue weighted by Gasteiger charge is 2.26. The maximum atomic E-state index is 12.6. The molecule has 0 aliphatic heterocycles. The van der Waals surface area contributed by atoms with Crippen LogP contribution in [-0.4, -0.2) is 66.3 Å². The van der Waals surface area contributed by atoms with Gasteiger partial charge in [-0.1, -0.05) is 164 Å². The van der Waals surface area contributed by atoms with E-state index in [2.05, 4.69) is 86.8 Å². The van der Waals surface area contributed by atoms with Crippen LogP contribution in [0.2, 0.25) is 0 Å². The van der Waals surface area contributed by atoms with Crippen LogP contribution >= 0.6 is 7.82 Å². The van der Waals surface area contributed by atoms with Crippen LogP contribution in [0.5, 0.6) is 0 Å². The number of hydrogen-bond donors (Lipinski definition) is 3. The molecule has 0 aromatic rings. The van der Waals surface area contributed by atoms with E-state index in [-0.39, 0.29) is 19.6 Å². The van der Waals surface area contributed by atoms with Gasteiger partial charge in [-0.3, -0.25) is 13.8 Å². The second-order valence-electron chi connectivity index (χ2n) is 15.0. The van der Waals surface area contributed by atoms with Crippen LogP contribution in [0, 0.1) is 0 Å². The molecule has 0 radical (unpaired) electrons. The highest BCUT2D eigenvalue weighted by Crippen LogP contribution is 2.43. The fourth-order valence-corrected chi connectivity index (χ4v) is 6.70. The predicted octanol–water partition coefficient (Wildman–Crippen LogP) is 12.9. The zero-order chi connectivity index (χ0) is 42.5. The van der Waals surface area contributed by atoms with Crippen LogP contribution in [-0.2, 0) is 27.9 Å². The minimum Gasteiger partial charge on any atom is -0.457 e. The van der Waals surface area contributed by atoms with Crippen molar-refractivity contribution in [2.24, 2.45) is 0 Å². The van der Waals surface area contributed by atoms with Gasteiger partial charge in [-0.25, -0.2) is 4.57 Å². The number of esters is 1. The third-order valence-electron chi connectivity index (χ3n) is 9.38. The Morgan fingerprint density at radius 2 is 0.983 bits per heavy atom. The largest absolute Gasteiger partial charge is 0.472 e. The monoisotopic (exact) mass is 837 g/mol. The number of aliphatic hydroxyl groups excluding tert-OH is 2. The molecule has 0 aliphatic carbocycles. The van der Waals surface area contributed by atoms with Crippen molar-refractivity contribution in [3.63, 3.8) is 0 Å². The number of unbranched alkanes of at least 4 members (excludes halogenated alkanes) is 17. The van der Waals surface area contributed by atoms with E-state index in [1.165, 1.54) is 57.8 Å². The van der Waals surface area contributed by atoms with E-state index >= 15 is 0 Å². The van der Waals surface area contributed by atoms with E-state index in [4.69, 9.17) is 23.6 Å². The van der Waals surface area contributed by atoms with Crippen LogP contribution in [0.25, 0.3) is 0 Å². The molecule has 0 amide bonds. The van der Waals surface area contributed by atoms with E-state index in [0.29, 0.717) is 13.0 Å². The Morgan fingerprint density at radius 1 is 0.552 bits per heavy atom. The molecule has 0 rings (SSSR count). The van der Waals surface area contributed by atoms with Crippen LogP contribution < -0.4 is 0 Å². The molecule has 3 atom stereocenters. The number of carbonyl (C=O) groups excluding carboxylic acids is 1.